The minimum atomic E-state index is -0.413. The second kappa shape index (κ2) is 5.62. The Bertz CT molecular complexity index is 411. The summed E-state index contributed by atoms with van der Waals surface area (Å²) in [6, 6.07) is 5.89. The molecule has 0 saturated carbocycles. The molecule has 0 saturated heterocycles. The van der Waals surface area contributed by atoms with Gasteiger partial charge in [-0.2, -0.15) is 0 Å². The van der Waals surface area contributed by atoms with Crippen molar-refractivity contribution in [3.63, 3.8) is 0 Å². The number of hydrogen-bond acceptors (Lipinski definition) is 2. The van der Waals surface area contributed by atoms with Crippen molar-refractivity contribution in [1.29, 1.82) is 0 Å². The summed E-state index contributed by atoms with van der Waals surface area (Å²) in [5, 5.41) is 10.4. The summed E-state index contributed by atoms with van der Waals surface area (Å²) in [7, 11) is 0. The van der Waals surface area contributed by atoms with Crippen LogP contribution in [0.2, 0.25) is 0 Å². The fourth-order valence-corrected chi connectivity index (χ4v) is 3.33. The van der Waals surface area contributed by atoms with Gasteiger partial charge in [0.05, 0.1) is 6.10 Å². The van der Waals surface area contributed by atoms with E-state index in [0.717, 1.165) is 41.5 Å². The summed E-state index contributed by atoms with van der Waals surface area (Å²) in [5.74, 6) is 0.846. The maximum atomic E-state index is 10.4. The number of rotatable bonds is 4. The number of benzene rings is 1. The van der Waals surface area contributed by atoms with E-state index in [1.165, 1.54) is 0 Å². The molecule has 18 heavy (non-hydrogen) atoms. The van der Waals surface area contributed by atoms with E-state index in [1.807, 2.05) is 18.2 Å². The zero-order valence-electron chi connectivity index (χ0n) is 11.1. The number of ether oxygens (including phenoxy) is 1. The van der Waals surface area contributed by atoms with Crippen LogP contribution in [0.3, 0.4) is 0 Å². The molecule has 0 amide bonds. The Hall–Kier alpha value is -0.540. The predicted molar refractivity (Wildman–Crippen MR) is 76.9 cm³/mol. The van der Waals surface area contributed by atoms with Crippen molar-refractivity contribution in [2.45, 2.75) is 57.7 Å². The van der Waals surface area contributed by atoms with Gasteiger partial charge in [0.15, 0.2) is 0 Å². The summed E-state index contributed by atoms with van der Waals surface area (Å²) >= 11 is 3.44. The van der Waals surface area contributed by atoms with Gasteiger partial charge in [0.2, 0.25) is 0 Å². The van der Waals surface area contributed by atoms with Crippen LogP contribution in [-0.2, 0) is 0 Å². The second-order valence-corrected chi connectivity index (χ2v) is 6.10. The first-order chi connectivity index (χ1) is 8.60. The molecule has 2 rings (SSSR count). The smallest absolute Gasteiger partial charge is 0.126 e. The minimum absolute atomic E-state index is 0.177. The Balaban J connectivity index is 2.32. The van der Waals surface area contributed by atoms with Gasteiger partial charge in [-0.3, -0.25) is 0 Å². The van der Waals surface area contributed by atoms with Crippen LogP contribution in [0.5, 0.6) is 5.75 Å². The predicted octanol–water partition coefficient (Wildman–Crippen LogP) is 4.60. The summed E-state index contributed by atoms with van der Waals surface area (Å²) in [6.07, 6.45) is 4.47. The number of aliphatic hydroxyl groups excluding tert-OH is 1. The van der Waals surface area contributed by atoms with Gasteiger partial charge in [-0.15, -0.1) is 0 Å². The Morgan fingerprint density at radius 1 is 1.33 bits per heavy atom. The second-order valence-electron chi connectivity index (χ2n) is 5.19. The topological polar surface area (TPSA) is 29.5 Å². The van der Waals surface area contributed by atoms with E-state index in [1.54, 1.807) is 0 Å². The van der Waals surface area contributed by atoms with Crippen LogP contribution >= 0.6 is 15.9 Å². The van der Waals surface area contributed by atoms with E-state index in [0.29, 0.717) is 6.42 Å². The van der Waals surface area contributed by atoms with Gasteiger partial charge < -0.3 is 9.84 Å². The first kappa shape index (κ1) is 13.9. The standard InChI is InChI=1S/C15H21BrO2/c1-3-7-15(8-4-2)10-13(17)12-9-11(16)5-6-14(12)18-15/h5-6,9,13,17H,3-4,7-8,10H2,1-2H3/t13-/m1/s1. The van der Waals surface area contributed by atoms with Crippen LogP contribution in [0.4, 0.5) is 0 Å². The van der Waals surface area contributed by atoms with Gasteiger partial charge in [0.1, 0.15) is 11.4 Å². The molecule has 0 unspecified atom stereocenters. The molecule has 0 radical (unpaired) electrons. The van der Waals surface area contributed by atoms with Crippen LogP contribution in [0, 0.1) is 0 Å². The highest BCUT2D eigenvalue weighted by atomic mass is 79.9. The van der Waals surface area contributed by atoms with Crippen molar-refractivity contribution in [2.24, 2.45) is 0 Å². The number of fused-ring (bicyclic) bond motifs is 1. The summed E-state index contributed by atoms with van der Waals surface area (Å²) < 4.78 is 7.23. The third-order valence-electron chi connectivity index (χ3n) is 3.63. The first-order valence-electron chi connectivity index (χ1n) is 6.77. The van der Waals surface area contributed by atoms with Crippen molar-refractivity contribution in [3.8, 4) is 5.75 Å². The molecular formula is C15H21BrO2. The average molecular weight is 313 g/mol. The van der Waals surface area contributed by atoms with Crippen LogP contribution in [0.15, 0.2) is 22.7 Å². The van der Waals surface area contributed by atoms with Gasteiger partial charge in [-0.05, 0) is 31.0 Å². The Morgan fingerprint density at radius 3 is 2.61 bits per heavy atom. The molecule has 1 atom stereocenters. The Labute approximate surface area is 117 Å². The third-order valence-corrected chi connectivity index (χ3v) is 4.13. The lowest BCUT2D eigenvalue weighted by molar-refractivity contribution is -0.0268. The van der Waals surface area contributed by atoms with Crippen molar-refractivity contribution in [2.75, 3.05) is 0 Å². The van der Waals surface area contributed by atoms with Gasteiger partial charge in [-0.25, -0.2) is 0 Å². The van der Waals surface area contributed by atoms with E-state index in [9.17, 15) is 5.11 Å². The number of aliphatic hydroxyl groups is 1. The molecule has 3 heteroatoms. The normalized spacial score (nSPS) is 21.2. The van der Waals surface area contributed by atoms with Gasteiger partial charge in [-0.1, -0.05) is 42.6 Å². The van der Waals surface area contributed by atoms with Crippen LogP contribution in [0.25, 0.3) is 0 Å². The van der Waals surface area contributed by atoms with Crippen molar-refractivity contribution < 1.29 is 9.84 Å². The number of halogens is 1. The molecule has 1 heterocycles. The Morgan fingerprint density at radius 2 is 2.00 bits per heavy atom. The van der Waals surface area contributed by atoms with Crippen LogP contribution in [-0.4, -0.2) is 10.7 Å². The largest absolute Gasteiger partial charge is 0.487 e. The zero-order valence-corrected chi connectivity index (χ0v) is 12.7. The molecule has 0 spiro atoms. The molecule has 0 aliphatic carbocycles. The lowest BCUT2D eigenvalue weighted by Crippen LogP contribution is -2.41. The summed E-state index contributed by atoms with van der Waals surface area (Å²) in [4.78, 5) is 0. The molecular weight excluding hydrogens is 292 g/mol. The minimum Gasteiger partial charge on any atom is -0.487 e. The van der Waals surface area contributed by atoms with Gasteiger partial charge in [0, 0.05) is 16.5 Å². The molecule has 0 aromatic heterocycles. The monoisotopic (exact) mass is 312 g/mol. The molecule has 1 aromatic carbocycles. The SMILES string of the molecule is CCCC1(CCC)C[C@@H](O)c2cc(Br)ccc2O1. The van der Waals surface area contributed by atoms with Crippen molar-refractivity contribution in [3.05, 3.63) is 28.2 Å². The molecule has 1 aromatic rings. The van der Waals surface area contributed by atoms with E-state index >= 15 is 0 Å². The lowest BCUT2D eigenvalue weighted by Gasteiger charge is -2.41. The van der Waals surface area contributed by atoms with Crippen LogP contribution < -0.4 is 4.74 Å². The first-order valence-corrected chi connectivity index (χ1v) is 7.56. The maximum Gasteiger partial charge on any atom is 0.126 e. The van der Waals surface area contributed by atoms with E-state index in [2.05, 4.69) is 29.8 Å². The van der Waals surface area contributed by atoms with Gasteiger partial charge in [0.25, 0.3) is 0 Å². The molecule has 0 bridgehead atoms. The van der Waals surface area contributed by atoms with Gasteiger partial charge >= 0.3 is 0 Å². The van der Waals surface area contributed by atoms with Crippen molar-refractivity contribution in [1.82, 2.24) is 0 Å². The van der Waals surface area contributed by atoms with Crippen molar-refractivity contribution >= 4 is 15.9 Å². The van der Waals surface area contributed by atoms with Crippen LogP contribution in [0.1, 0.15) is 57.6 Å². The fourth-order valence-electron chi connectivity index (χ4n) is 2.95. The number of hydrogen-bond donors (Lipinski definition) is 1. The highest BCUT2D eigenvalue weighted by Gasteiger charge is 2.39. The summed E-state index contributed by atoms with van der Waals surface area (Å²) in [6.45, 7) is 4.34. The zero-order chi connectivity index (χ0) is 13.2. The lowest BCUT2D eigenvalue weighted by atomic mass is 9.82. The molecule has 1 N–H and O–H groups in total. The van der Waals surface area contributed by atoms with E-state index in [4.69, 9.17) is 4.74 Å². The molecule has 1 aliphatic heterocycles. The highest BCUT2D eigenvalue weighted by molar-refractivity contribution is 9.10. The third kappa shape index (κ3) is 2.72. The Kier molecular flexibility index (Phi) is 4.33. The maximum absolute atomic E-state index is 10.4. The molecule has 1 aliphatic rings. The molecule has 0 fully saturated rings. The average Bonchev–Trinajstić information content (AvgIpc) is 2.31. The fraction of sp³-hybridized carbons (Fsp3) is 0.600. The molecule has 100 valence electrons. The molecule has 2 nitrogen and oxygen atoms in total. The quantitative estimate of drug-likeness (QED) is 0.880. The van der Waals surface area contributed by atoms with E-state index in [-0.39, 0.29) is 5.60 Å². The van der Waals surface area contributed by atoms with E-state index < -0.39 is 6.10 Å². The highest BCUT2D eigenvalue weighted by Crippen LogP contribution is 2.44. The summed E-state index contributed by atoms with van der Waals surface area (Å²) in [5.41, 5.74) is 0.733.